The molecule has 0 radical (unpaired) electrons. The Morgan fingerprint density at radius 2 is 2.23 bits per heavy atom. The zero-order valence-electron chi connectivity index (χ0n) is 13.9. The number of unbranched alkanes of at least 4 members (excludes halogenated alkanes) is 1. The van der Waals surface area contributed by atoms with Crippen LogP contribution in [0.1, 0.15) is 43.2 Å². The van der Waals surface area contributed by atoms with Gasteiger partial charge in [-0.25, -0.2) is 4.79 Å². The van der Waals surface area contributed by atoms with Crippen LogP contribution in [0, 0.1) is 6.92 Å². The summed E-state index contributed by atoms with van der Waals surface area (Å²) in [5.41, 5.74) is 3.74. The number of benzene rings is 1. The second-order valence-electron chi connectivity index (χ2n) is 6.74. The van der Waals surface area contributed by atoms with E-state index in [4.69, 9.17) is 0 Å². The van der Waals surface area contributed by atoms with E-state index >= 15 is 0 Å². The van der Waals surface area contributed by atoms with Crippen molar-refractivity contribution in [2.45, 2.75) is 45.1 Å². The number of fused-ring (bicyclic) bond motifs is 3. The molecule has 2 aliphatic heterocycles. The Morgan fingerprint density at radius 1 is 1.41 bits per heavy atom. The second kappa shape index (κ2) is 6.29. The first-order valence-electron chi connectivity index (χ1n) is 8.48. The SMILES string of the molecule is CCCCNC(=O)N1c2ccc(C)cc2[C@H]2CN(C)CC[C@@H]21. The van der Waals surface area contributed by atoms with Gasteiger partial charge in [0.2, 0.25) is 0 Å². The molecule has 1 fully saturated rings. The molecule has 4 heteroatoms. The van der Waals surface area contributed by atoms with E-state index in [0.717, 1.165) is 44.6 Å². The molecular weight excluding hydrogens is 274 g/mol. The molecule has 0 aromatic heterocycles. The maximum absolute atomic E-state index is 12.7. The monoisotopic (exact) mass is 301 g/mol. The molecule has 120 valence electrons. The van der Waals surface area contributed by atoms with Gasteiger partial charge in [0.15, 0.2) is 0 Å². The molecule has 4 nitrogen and oxygen atoms in total. The standard InChI is InChI=1S/C18H27N3O/c1-4-5-9-19-18(22)21-16-7-6-13(2)11-14(16)15-12-20(3)10-8-17(15)21/h6-7,11,15,17H,4-5,8-10,12H2,1-3H3,(H,19,22)/t15-,17+/m1/s1. The highest BCUT2D eigenvalue weighted by Gasteiger charge is 2.43. The lowest BCUT2D eigenvalue weighted by molar-refractivity contribution is 0.219. The van der Waals surface area contributed by atoms with Crippen molar-refractivity contribution in [2.75, 3.05) is 31.6 Å². The van der Waals surface area contributed by atoms with E-state index in [0.29, 0.717) is 12.0 Å². The molecule has 2 heterocycles. The Bertz CT molecular complexity index is 557. The highest BCUT2D eigenvalue weighted by molar-refractivity contribution is 5.95. The maximum Gasteiger partial charge on any atom is 0.322 e. The minimum absolute atomic E-state index is 0.0793. The van der Waals surface area contributed by atoms with Crippen LogP contribution in [-0.2, 0) is 0 Å². The largest absolute Gasteiger partial charge is 0.338 e. The van der Waals surface area contributed by atoms with Gasteiger partial charge in [-0.05, 0) is 45.0 Å². The van der Waals surface area contributed by atoms with Crippen molar-refractivity contribution < 1.29 is 4.79 Å². The number of likely N-dealkylation sites (N-methyl/N-ethyl adjacent to an activating group) is 1. The van der Waals surface area contributed by atoms with Gasteiger partial charge in [-0.1, -0.05) is 31.0 Å². The minimum atomic E-state index is 0.0793. The second-order valence-corrected chi connectivity index (χ2v) is 6.74. The summed E-state index contributed by atoms with van der Waals surface area (Å²) < 4.78 is 0. The van der Waals surface area contributed by atoms with Gasteiger partial charge >= 0.3 is 6.03 Å². The molecule has 0 bridgehead atoms. The normalized spacial score (nSPS) is 24.0. The van der Waals surface area contributed by atoms with Crippen LogP contribution in [0.2, 0.25) is 0 Å². The fraction of sp³-hybridized carbons (Fsp3) is 0.611. The molecule has 2 atom stereocenters. The van der Waals surface area contributed by atoms with Crippen LogP contribution in [0.4, 0.5) is 10.5 Å². The van der Waals surface area contributed by atoms with Gasteiger partial charge in [-0.3, -0.25) is 4.90 Å². The van der Waals surface area contributed by atoms with Crippen molar-refractivity contribution in [1.29, 1.82) is 0 Å². The highest BCUT2D eigenvalue weighted by atomic mass is 16.2. The van der Waals surface area contributed by atoms with Crippen molar-refractivity contribution >= 4 is 11.7 Å². The fourth-order valence-electron chi connectivity index (χ4n) is 3.80. The molecule has 1 saturated heterocycles. The Labute approximate surface area is 133 Å². The molecule has 2 amide bonds. The summed E-state index contributed by atoms with van der Waals surface area (Å²) in [6.07, 6.45) is 3.19. The van der Waals surface area contributed by atoms with Crippen molar-refractivity contribution in [3.63, 3.8) is 0 Å². The van der Waals surface area contributed by atoms with E-state index in [9.17, 15) is 4.79 Å². The number of amides is 2. The van der Waals surface area contributed by atoms with E-state index in [1.165, 1.54) is 11.1 Å². The van der Waals surface area contributed by atoms with Gasteiger partial charge in [0.25, 0.3) is 0 Å². The van der Waals surface area contributed by atoms with Crippen LogP contribution in [0.15, 0.2) is 18.2 Å². The Hall–Kier alpha value is -1.55. The lowest BCUT2D eigenvalue weighted by Gasteiger charge is -2.36. The van der Waals surface area contributed by atoms with Crippen molar-refractivity contribution in [3.8, 4) is 0 Å². The average Bonchev–Trinajstić information content (AvgIpc) is 2.80. The smallest absolute Gasteiger partial charge is 0.322 e. The number of anilines is 1. The number of hydrogen-bond acceptors (Lipinski definition) is 2. The van der Waals surface area contributed by atoms with Crippen molar-refractivity contribution in [1.82, 2.24) is 10.2 Å². The zero-order valence-corrected chi connectivity index (χ0v) is 13.9. The number of piperidine rings is 1. The van der Waals surface area contributed by atoms with Crippen LogP contribution in [-0.4, -0.2) is 43.7 Å². The van der Waals surface area contributed by atoms with Crippen LogP contribution >= 0.6 is 0 Å². The number of nitrogens with one attached hydrogen (secondary N) is 1. The number of rotatable bonds is 3. The Morgan fingerprint density at radius 3 is 3.00 bits per heavy atom. The van der Waals surface area contributed by atoms with Crippen LogP contribution < -0.4 is 10.2 Å². The van der Waals surface area contributed by atoms with Gasteiger partial charge in [-0.15, -0.1) is 0 Å². The first-order chi connectivity index (χ1) is 10.6. The zero-order chi connectivity index (χ0) is 15.7. The molecule has 1 aromatic rings. The summed E-state index contributed by atoms with van der Waals surface area (Å²) >= 11 is 0. The average molecular weight is 301 g/mol. The van der Waals surface area contributed by atoms with E-state index in [1.807, 2.05) is 4.90 Å². The summed E-state index contributed by atoms with van der Waals surface area (Å²) in [6, 6.07) is 6.91. The number of carbonyl (C=O) groups excluding carboxylic acids is 1. The predicted molar refractivity (Wildman–Crippen MR) is 90.6 cm³/mol. The van der Waals surface area contributed by atoms with Gasteiger partial charge in [0.1, 0.15) is 0 Å². The van der Waals surface area contributed by atoms with Gasteiger partial charge < -0.3 is 10.2 Å². The molecule has 1 N–H and O–H groups in total. The molecule has 0 unspecified atom stereocenters. The number of nitrogens with zero attached hydrogens (tertiary/aromatic N) is 2. The molecule has 0 aliphatic carbocycles. The Kier molecular flexibility index (Phi) is 4.39. The molecule has 3 rings (SSSR count). The number of likely N-dealkylation sites (tertiary alicyclic amines) is 1. The first kappa shape index (κ1) is 15.3. The number of carbonyl (C=O) groups is 1. The van der Waals surface area contributed by atoms with Crippen molar-refractivity contribution in [2.24, 2.45) is 0 Å². The van der Waals surface area contributed by atoms with Crippen LogP contribution in [0.25, 0.3) is 0 Å². The minimum Gasteiger partial charge on any atom is -0.338 e. The van der Waals surface area contributed by atoms with E-state index in [2.05, 4.69) is 49.3 Å². The third-order valence-corrected chi connectivity index (χ3v) is 4.98. The third-order valence-electron chi connectivity index (χ3n) is 4.98. The van der Waals surface area contributed by atoms with Crippen LogP contribution in [0.3, 0.4) is 0 Å². The summed E-state index contributed by atoms with van der Waals surface area (Å²) in [6.45, 7) is 7.15. The van der Waals surface area contributed by atoms with E-state index in [-0.39, 0.29) is 6.03 Å². The van der Waals surface area contributed by atoms with Crippen molar-refractivity contribution in [3.05, 3.63) is 29.3 Å². The quantitative estimate of drug-likeness (QED) is 0.871. The predicted octanol–water partition coefficient (Wildman–Crippen LogP) is 3.11. The number of hydrogen-bond donors (Lipinski definition) is 1. The maximum atomic E-state index is 12.7. The lowest BCUT2D eigenvalue weighted by atomic mass is 9.89. The first-order valence-corrected chi connectivity index (χ1v) is 8.48. The molecule has 0 spiro atoms. The van der Waals surface area contributed by atoms with Gasteiger partial charge in [0, 0.05) is 30.7 Å². The summed E-state index contributed by atoms with van der Waals surface area (Å²) in [5, 5.41) is 3.10. The van der Waals surface area contributed by atoms with Gasteiger partial charge in [0.05, 0.1) is 0 Å². The van der Waals surface area contributed by atoms with E-state index < -0.39 is 0 Å². The Balaban J connectivity index is 1.88. The molecule has 0 saturated carbocycles. The van der Waals surface area contributed by atoms with E-state index in [1.54, 1.807) is 0 Å². The summed E-state index contributed by atoms with van der Waals surface area (Å²) in [4.78, 5) is 17.1. The topological polar surface area (TPSA) is 35.6 Å². The molecular formula is C18H27N3O. The molecule has 22 heavy (non-hydrogen) atoms. The van der Waals surface area contributed by atoms with Gasteiger partial charge in [-0.2, -0.15) is 0 Å². The molecule has 2 aliphatic rings. The summed E-state index contributed by atoms with van der Waals surface area (Å²) in [7, 11) is 2.18. The highest BCUT2D eigenvalue weighted by Crippen LogP contribution is 2.44. The number of urea groups is 1. The van der Waals surface area contributed by atoms with Crippen LogP contribution in [0.5, 0.6) is 0 Å². The number of aryl methyl sites for hydroxylation is 1. The fourth-order valence-corrected chi connectivity index (χ4v) is 3.80. The third kappa shape index (κ3) is 2.72. The summed E-state index contributed by atoms with van der Waals surface area (Å²) in [5.74, 6) is 0.450. The molecule has 1 aromatic carbocycles. The lowest BCUT2D eigenvalue weighted by Crippen LogP contribution is -2.50.